The number of alkyl halides is 6. The van der Waals surface area contributed by atoms with E-state index in [1.165, 1.54) is 0 Å². The molecule has 0 amide bonds. The van der Waals surface area contributed by atoms with Gasteiger partial charge in [-0.1, -0.05) is 0 Å². The second kappa shape index (κ2) is 3.93. The molecule has 0 saturated carbocycles. The van der Waals surface area contributed by atoms with Gasteiger partial charge in [0.25, 0.3) is 0 Å². The normalized spacial score (nSPS) is 12.9. The van der Waals surface area contributed by atoms with Crippen LogP contribution in [-0.4, -0.2) is 10.1 Å². The first-order chi connectivity index (χ1) is 7.18. The SMILES string of the molecule is OCc1ccnc(C(F)(F)F)c1C(F)(F)F. The highest BCUT2D eigenvalue weighted by Crippen LogP contribution is 2.40. The number of halogens is 6. The minimum absolute atomic E-state index is 0.573. The van der Waals surface area contributed by atoms with Gasteiger partial charge in [-0.05, 0) is 11.6 Å². The van der Waals surface area contributed by atoms with Gasteiger partial charge in [-0.3, -0.25) is 4.98 Å². The number of hydrogen-bond donors (Lipinski definition) is 1. The molecule has 16 heavy (non-hydrogen) atoms. The highest BCUT2D eigenvalue weighted by molar-refractivity contribution is 5.34. The van der Waals surface area contributed by atoms with E-state index < -0.39 is 35.8 Å². The Morgan fingerprint density at radius 2 is 1.62 bits per heavy atom. The molecular formula is C8H5F6NO. The molecular weight excluding hydrogens is 240 g/mol. The third-order valence-corrected chi connectivity index (χ3v) is 1.76. The summed E-state index contributed by atoms with van der Waals surface area (Å²) in [6, 6.07) is 0.693. The van der Waals surface area contributed by atoms with Crippen molar-refractivity contribution in [3.05, 3.63) is 29.1 Å². The molecule has 1 aromatic heterocycles. The topological polar surface area (TPSA) is 33.1 Å². The van der Waals surface area contributed by atoms with Crippen LogP contribution in [0.5, 0.6) is 0 Å². The monoisotopic (exact) mass is 245 g/mol. The van der Waals surface area contributed by atoms with Crippen molar-refractivity contribution in [3.8, 4) is 0 Å². The van der Waals surface area contributed by atoms with Crippen molar-refractivity contribution >= 4 is 0 Å². The Balaban J connectivity index is 3.51. The molecule has 1 rings (SSSR count). The molecule has 2 nitrogen and oxygen atoms in total. The van der Waals surface area contributed by atoms with Crippen LogP contribution >= 0.6 is 0 Å². The minimum atomic E-state index is -5.21. The Kier molecular flexibility index (Phi) is 3.13. The van der Waals surface area contributed by atoms with Crippen molar-refractivity contribution in [1.82, 2.24) is 4.98 Å². The second-order valence-electron chi connectivity index (χ2n) is 2.85. The lowest BCUT2D eigenvalue weighted by molar-refractivity contribution is -0.165. The first-order valence-electron chi connectivity index (χ1n) is 3.91. The Morgan fingerprint density at radius 1 is 1.06 bits per heavy atom. The van der Waals surface area contributed by atoms with E-state index in [9.17, 15) is 26.3 Å². The summed E-state index contributed by atoms with van der Waals surface area (Å²) in [6.45, 7) is -1.14. The summed E-state index contributed by atoms with van der Waals surface area (Å²) < 4.78 is 73.9. The average molecular weight is 245 g/mol. The number of aromatic nitrogens is 1. The Morgan fingerprint density at radius 3 is 2.00 bits per heavy atom. The van der Waals surface area contributed by atoms with Crippen LogP contribution in [0.25, 0.3) is 0 Å². The van der Waals surface area contributed by atoms with Gasteiger partial charge in [0.1, 0.15) is 0 Å². The number of nitrogens with zero attached hydrogens (tertiary/aromatic N) is 1. The molecule has 1 heterocycles. The van der Waals surface area contributed by atoms with Crippen molar-refractivity contribution in [1.29, 1.82) is 0 Å². The Bertz CT molecular complexity index is 383. The number of aliphatic hydroxyl groups is 1. The number of aliphatic hydroxyl groups excluding tert-OH is 1. The van der Waals surface area contributed by atoms with Crippen molar-refractivity contribution in [3.63, 3.8) is 0 Å². The summed E-state index contributed by atoms with van der Waals surface area (Å²) in [4.78, 5) is 2.67. The van der Waals surface area contributed by atoms with E-state index in [0.717, 1.165) is 0 Å². The van der Waals surface area contributed by atoms with Crippen molar-refractivity contribution in [2.75, 3.05) is 0 Å². The lowest BCUT2D eigenvalue weighted by Gasteiger charge is -2.16. The van der Waals surface area contributed by atoms with E-state index in [2.05, 4.69) is 4.98 Å². The second-order valence-corrected chi connectivity index (χ2v) is 2.85. The lowest BCUT2D eigenvalue weighted by atomic mass is 10.1. The van der Waals surface area contributed by atoms with Crippen LogP contribution in [0.4, 0.5) is 26.3 Å². The van der Waals surface area contributed by atoms with Gasteiger partial charge >= 0.3 is 12.4 Å². The van der Waals surface area contributed by atoms with Crippen molar-refractivity contribution in [2.45, 2.75) is 19.0 Å². The van der Waals surface area contributed by atoms with E-state index >= 15 is 0 Å². The fourth-order valence-electron chi connectivity index (χ4n) is 1.16. The zero-order valence-corrected chi connectivity index (χ0v) is 7.52. The largest absolute Gasteiger partial charge is 0.433 e. The molecule has 1 aromatic rings. The Hall–Kier alpha value is -1.31. The van der Waals surface area contributed by atoms with Crippen molar-refractivity contribution < 1.29 is 31.4 Å². The van der Waals surface area contributed by atoms with Gasteiger partial charge in [-0.25, -0.2) is 0 Å². The smallest absolute Gasteiger partial charge is 0.392 e. The third kappa shape index (κ3) is 2.43. The van der Waals surface area contributed by atoms with E-state index in [1.807, 2.05) is 0 Å². The molecule has 0 spiro atoms. The predicted octanol–water partition coefficient (Wildman–Crippen LogP) is 2.61. The number of rotatable bonds is 1. The minimum Gasteiger partial charge on any atom is -0.392 e. The van der Waals surface area contributed by atoms with Crippen molar-refractivity contribution in [2.24, 2.45) is 0 Å². The molecule has 0 radical (unpaired) electrons. The lowest BCUT2D eigenvalue weighted by Crippen LogP contribution is -2.20. The molecule has 0 aliphatic carbocycles. The highest BCUT2D eigenvalue weighted by atomic mass is 19.4. The van der Waals surface area contributed by atoms with E-state index in [-0.39, 0.29) is 0 Å². The van der Waals surface area contributed by atoms with Crippen LogP contribution in [-0.2, 0) is 19.0 Å². The maximum atomic E-state index is 12.4. The molecule has 0 saturated heterocycles. The fourth-order valence-corrected chi connectivity index (χ4v) is 1.16. The van der Waals surface area contributed by atoms with Crippen LogP contribution in [0.3, 0.4) is 0 Å². The maximum absolute atomic E-state index is 12.4. The summed E-state index contributed by atoms with van der Waals surface area (Å²) in [7, 11) is 0. The molecule has 0 bridgehead atoms. The summed E-state index contributed by atoms with van der Waals surface area (Å²) in [5, 5.41) is 8.58. The molecule has 0 aliphatic heterocycles. The first-order valence-corrected chi connectivity index (χ1v) is 3.91. The molecule has 90 valence electrons. The van der Waals surface area contributed by atoms with Gasteiger partial charge in [0, 0.05) is 6.20 Å². The third-order valence-electron chi connectivity index (χ3n) is 1.76. The molecule has 0 aromatic carbocycles. The summed E-state index contributed by atoms with van der Waals surface area (Å²) in [5.41, 5.74) is -4.83. The maximum Gasteiger partial charge on any atom is 0.433 e. The zero-order chi connectivity index (χ0) is 12.6. The summed E-state index contributed by atoms with van der Waals surface area (Å²) in [5.74, 6) is 0. The van der Waals surface area contributed by atoms with Crippen LogP contribution < -0.4 is 0 Å². The predicted molar refractivity (Wildman–Crippen MR) is 40.2 cm³/mol. The molecule has 1 N–H and O–H groups in total. The molecule has 0 unspecified atom stereocenters. The average Bonchev–Trinajstić information content (AvgIpc) is 2.13. The highest BCUT2D eigenvalue weighted by Gasteiger charge is 2.45. The van der Waals surface area contributed by atoms with E-state index in [0.29, 0.717) is 12.3 Å². The molecule has 0 fully saturated rings. The van der Waals surface area contributed by atoms with E-state index in [1.54, 1.807) is 0 Å². The molecule has 8 heteroatoms. The molecule has 0 aliphatic rings. The number of pyridine rings is 1. The van der Waals surface area contributed by atoms with E-state index in [4.69, 9.17) is 5.11 Å². The first kappa shape index (κ1) is 12.8. The van der Waals surface area contributed by atoms with Crippen LogP contribution in [0.2, 0.25) is 0 Å². The zero-order valence-electron chi connectivity index (χ0n) is 7.52. The van der Waals surface area contributed by atoms with Crippen LogP contribution in [0, 0.1) is 0 Å². The Labute approximate surface area is 85.5 Å². The quantitative estimate of drug-likeness (QED) is 0.771. The standard InChI is InChI=1S/C8H5F6NO/c9-7(10,11)5-4(3-16)1-2-15-6(5)8(12,13)14/h1-2,16H,3H2. The van der Waals surface area contributed by atoms with Gasteiger partial charge in [0.15, 0.2) is 5.69 Å². The van der Waals surface area contributed by atoms with Gasteiger partial charge in [0.2, 0.25) is 0 Å². The van der Waals surface area contributed by atoms with Gasteiger partial charge in [0.05, 0.1) is 12.2 Å². The van der Waals surface area contributed by atoms with Gasteiger partial charge in [-0.2, -0.15) is 26.3 Å². The summed E-state index contributed by atoms with van der Waals surface area (Å²) >= 11 is 0. The van der Waals surface area contributed by atoms with Gasteiger partial charge in [-0.15, -0.1) is 0 Å². The molecule has 0 atom stereocenters. The fraction of sp³-hybridized carbons (Fsp3) is 0.375. The van der Waals surface area contributed by atoms with Crippen LogP contribution in [0.15, 0.2) is 12.3 Å². The van der Waals surface area contributed by atoms with Crippen LogP contribution in [0.1, 0.15) is 16.8 Å². The number of hydrogen-bond acceptors (Lipinski definition) is 2. The van der Waals surface area contributed by atoms with Gasteiger partial charge < -0.3 is 5.11 Å². The summed E-state index contributed by atoms with van der Waals surface area (Å²) in [6.07, 6.45) is -9.85.